The van der Waals surface area contributed by atoms with E-state index in [0.717, 1.165) is 31.7 Å². The maximum atomic E-state index is 12.4. The summed E-state index contributed by atoms with van der Waals surface area (Å²) < 4.78 is 5.53. The zero-order valence-corrected chi connectivity index (χ0v) is 17.2. The van der Waals surface area contributed by atoms with Crippen molar-refractivity contribution in [3.8, 4) is 17.3 Å². The Bertz CT molecular complexity index is 929. The zero-order valence-electron chi connectivity index (χ0n) is 17.2. The second-order valence-electron chi connectivity index (χ2n) is 6.97. The normalized spacial score (nSPS) is 15.8. The van der Waals surface area contributed by atoms with Crippen LogP contribution in [0, 0.1) is 6.92 Å². The van der Waals surface area contributed by atoms with Crippen molar-refractivity contribution in [1.29, 1.82) is 0 Å². The monoisotopic (exact) mass is 384 g/mol. The fourth-order valence-corrected chi connectivity index (χ4v) is 3.46. The number of hydrogen-bond donors (Lipinski definition) is 2. The molecule has 8 heteroatoms. The number of aromatic amines is 1. The molecule has 0 atom stereocenters. The molecule has 0 aromatic carbocycles. The van der Waals surface area contributed by atoms with E-state index < -0.39 is 0 Å². The second kappa shape index (κ2) is 8.52. The number of H-pyrrole nitrogens is 1. The lowest BCUT2D eigenvalue weighted by atomic mass is 10.1. The quantitative estimate of drug-likeness (QED) is 0.763. The molecule has 8 nitrogen and oxygen atoms in total. The van der Waals surface area contributed by atoms with Crippen molar-refractivity contribution < 1.29 is 4.74 Å². The minimum absolute atomic E-state index is 0.191. The lowest BCUT2D eigenvalue weighted by Crippen LogP contribution is -2.41. The van der Waals surface area contributed by atoms with Gasteiger partial charge >= 0.3 is 0 Å². The van der Waals surface area contributed by atoms with Gasteiger partial charge < -0.3 is 19.9 Å². The van der Waals surface area contributed by atoms with Crippen molar-refractivity contribution in [2.75, 3.05) is 39.2 Å². The Hall–Kier alpha value is -2.74. The molecular weight excluding hydrogens is 356 g/mol. The fraction of sp³-hybridized carbons (Fsp3) is 0.500. The van der Waals surface area contributed by atoms with Crippen LogP contribution in [-0.4, -0.2) is 61.0 Å². The maximum Gasteiger partial charge on any atom is 0.254 e. The maximum absolute atomic E-state index is 12.4. The molecule has 2 N–H and O–H groups in total. The van der Waals surface area contributed by atoms with E-state index in [9.17, 15) is 4.79 Å². The molecule has 2 aromatic heterocycles. The number of nitrogens with zero attached hydrogens (tertiary/aromatic N) is 4. The van der Waals surface area contributed by atoms with Crippen molar-refractivity contribution in [3.63, 3.8) is 0 Å². The van der Waals surface area contributed by atoms with Crippen LogP contribution in [0.5, 0.6) is 5.88 Å². The van der Waals surface area contributed by atoms with Crippen LogP contribution in [0.15, 0.2) is 21.9 Å². The number of ether oxygens (including phenoxy) is 1. The zero-order chi connectivity index (χ0) is 20.3. The van der Waals surface area contributed by atoms with Crippen molar-refractivity contribution >= 4 is 11.5 Å². The van der Waals surface area contributed by atoms with E-state index in [4.69, 9.17) is 4.74 Å². The fourth-order valence-electron chi connectivity index (χ4n) is 3.46. The summed E-state index contributed by atoms with van der Waals surface area (Å²) >= 11 is 0. The Morgan fingerprint density at radius 2 is 2.04 bits per heavy atom. The van der Waals surface area contributed by atoms with Crippen molar-refractivity contribution in [2.45, 2.75) is 32.7 Å². The van der Waals surface area contributed by atoms with Gasteiger partial charge in [0.25, 0.3) is 5.56 Å². The molecule has 0 radical (unpaired) electrons. The molecule has 0 bridgehead atoms. The highest BCUT2D eigenvalue weighted by molar-refractivity contribution is 5.98. The highest BCUT2D eigenvalue weighted by Gasteiger charge is 2.21. The van der Waals surface area contributed by atoms with E-state index >= 15 is 0 Å². The van der Waals surface area contributed by atoms with E-state index in [1.54, 1.807) is 21.1 Å². The van der Waals surface area contributed by atoms with Crippen molar-refractivity contribution in [1.82, 2.24) is 20.3 Å². The molecule has 1 saturated heterocycles. The number of nitrogens with one attached hydrogen (secondary N) is 2. The third-order valence-electron chi connectivity index (χ3n) is 5.35. The Morgan fingerprint density at radius 1 is 1.32 bits per heavy atom. The summed E-state index contributed by atoms with van der Waals surface area (Å²) in [4.78, 5) is 31.0. The third kappa shape index (κ3) is 3.91. The summed E-state index contributed by atoms with van der Waals surface area (Å²) in [5.41, 5.74) is 2.30. The summed E-state index contributed by atoms with van der Waals surface area (Å²) in [6.45, 7) is 5.47. The van der Waals surface area contributed by atoms with Gasteiger partial charge in [0.1, 0.15) is 11.6 Å². The number of rotatable bonds is 5. The molecule has 2 aromatic rings. The van der Waals surface area contributed by atoms with Crippen LogP contribution in [0.1, 0.15) is 31.0 Å². The number of pyridine rings is 1. The Kier molecular flexibility index (Phi) is 6.08. The van der Waals surface area contributed by atoms with E-state index in [1.165, 1.54) is 0 Å². The predicted octanol–water partition coefficient (Wildman–Crippen LogP) is 1.78. The van der Waals surface area contributed by atoms with Gasteiger partial charge in [0.05, 0.1) is 24.1 Å². The van der Waals surface area contributed by atoms with Gasteiger partial charge in [-0.05, 0) is 45.9 Å². The molecule has 0 amide bonds. The SMILES string of the molecule is CN=C(C)c1nc(-c2ccc(N3CCC(NC)CC3)nc2OC)[nH]c(=O)c1C. The van der Waals surface area contributed by atoms with E-state index in [-0.39, 0.29) is 5.56 Å². The molecule has 28 heavy (non-hydrogen) atoms. The van der Waals surface area contributed by atoms with Crippen LogP contribution in [0.25, 0.3) is 11.4 Å². The summed E-state index contributed by atoms with van der Waals surface area (Å²) in [5, 5.41) is 3.33. The molecule has 150 valence electrons. The molecule has 1 fully saturated rings. The summed E-state index contributed by atoms with van der Waals surface area (Å²) in [5.74, 6) is 1.74. The first-order valence-electron chi connectivity index (χ1n) is 9.50. The first-order valence-corrected chi connectivity index (χ1v) is 9.50. The molecule has 3 rings (SSSR count). The summed E-state index contributed by atoms with van der Waals surface area (Å²) in [7, 11) is 5.27. The number of aliphatic imine (C=N–C) groups is 1. The lowest BCUT2D eigenvalue weighted by Gasteiger charge is -2.32. The largest absolute Gasteiger partial charge is 0.480 e. The average Bonchev–Trinajstić information content (AvgIpc) is 2.74. The average molecular weight is 384 g/mol. The number of methoxy groups -OCH3 is 1. The number of hydrogen-bond acceptors (Lipinski definition) is 7. The van der Waals surface area contributed by atoms with Gasteiger partial charge in [0, 0.05) is 31.7 Å². The van der Waals surface area contributed by atoms with Gasteiger partial charge in [-0.1, -0.05) is 0 Å². The highest BCUT2D eigenvalue weighted by Crippen LogP contribution is 2.29. The Balaban J connectivity index is 1.98. The molecular formula is C20H28N6O2. The van der Waals surface area contributed by atoms with E-state index in [1.807, 2.05) is 26.1 Å². The molecule has 0 saturated carbocycles. The predicted molar refractivity (Wildman–Crippen MR) is 112 cm³/mol. The first-order chi connectivity index (χ1) is 13.5. The number of aromatic nitrogens is 3. The number of anilines is 1. The van der Waals surface area contributed by atoms with Crippen LogP contribution in [0.2, 0.25) is 0 Å². The van der Waals surface area contributed by atoms with E-state index in [0.29, 0.717) is 40.3 Å². The van der Waals surface area contributed by atoms with Crippen LogP contribution < -0.4 is 20.5 Å². The van der Waals surface area contributed by atoms with E-state index in [2.05, 4.69) is 30.2 Å². The number of piperidine rings is 1. The van der Waals surface area contributed by atoms with Crippen LogP contribution in [0.4, 0.5) is 5.82 Å². The minimum atomic E-state index is -0.191. The highest BCUT2D eigenvalue weighted by atomic mass is 16.5. The van der Waals surface area contributed by atoms with Gasteiger partial charge in [0.2, 0.25) is 5.88 Å². The van der Waals surface area contributed by atoms with Crippen molar-refractivity contribution in [3.05, 3.63) is 33.7 Å². The Morgan fingerprint density at radius 3 is 2.64 bits per heavy atom. The molecule has 1 aliphatic heterocycles. The standard InChI is InChI=1S/C20H28N6O2/c1-12-17(13(2)21-3)24-18(25-19(12)27)15-6-7-16(23-20(15)28-5)26-10-8-14(22-4)9-11-26/h6-7,14,22H,8-11H2,1-5H3,(H,24,25,27). The molecule has 0 unspecified atom stereocenters. The summed E-state index contributed by atoms with van der Waals surface area (Å²) in [6.07, 6.45) is 2.15. The smallest absolute Gasteiger partial charge is 0.254 e. The molecule has 1 aliphatic rings. The topological polar surface area (TPSA) is 95.5 Å². The first kappa shape index (κ1) is 20.0. The van der Waals surface area contributed by atoms with Crippen LogP contribution in [-0.2, 0) is 0 Å². The van der Waals surface area contributed by atoms with Gasteiger partial charge in [-0.3, -0.25) is 9.79 Å². The van der Waals surface area contributed by atoms with Gasteiger partial charge in [-0.25, -0.2) is 4.98 Å². The van der Waals surface area contributed by atoms with Crippen LogP contribution in [0.3, 0.4) is 0 Å². The minimum Gasteiger partial charge on any atom is -0.480 e. The van der Waals surface area contributed by atoms with Crippen LogP contribution >= 0.6 is 0 Å². The second-order valence-corrected chi connectivity index (χ2v) is 6.97. The Labute approximate surface area is 165 Å². The van der Waals surface area contributed by atoms with Gasteiger partial charge in [-0.15, -0.1) is 0 Å². The molecule has 0 aliphatic carbocycles. The van der Waals surface area contributed by atoms with Gasteiger partial charge in [0.15, 0.2) is 0 Å². The third-order valence-corrected chi connectivity index (χ3v) is 5.35. The molecule has 0 spiro atoms. The summed E-state index contributed by atoms with van der Waals surface area (Å²) in [6, 6.07) is 4.42. The van der Waals surface area contributed by atoms with Gasteiger partial charge in [-0.2, -0.15) is 4.98 Å². The lowest BCUT2D eigenvalue weighted by molar-refractivity contribution is 0.397. The molecule has 3 heterocycles. The van der Waals surface area contributed by atoms with Crippen molar-refractivity contribution in [2.24, 2.45) is 4.99 Å².